The van der Waals surface area contributed by atoms with E-state index in [1.807, 2.05) is 62.4 Å². The van der Waals surface area contributed by atoms with Gasteiger partial charge < -0.3 is 10.1 Å². The van der Waals surface area contributed by atoms with Crippen molar-refractivity contribution >= 4 is 39.1 Å². The molecule has 2 aromatic carbocycles. The van der Waals surface area contributed by atoms with Gasteiger partial charge >= 0.3 is 5.97 Å². The number of carbonyl (C=O) groups is 2. The topological polar surface area (TPSA) is 90.3 Å². The number of fused-ring (bicyclic) bond motifs is 1. The minimum atomic E-state index is -0.502. The summed E-state index contributed by atoms with van der Waals surface area (Å²) in [6.07, 6.45) is 1.33. The molecule has 0 fully saturated rings. The Hall–Kier alpha value is -3.78. The first-order valence-corrected chi connectivity index (χ1v) is 11.2. The summed E-state index contributed by atoms with van der Waals surface area (Å²) in [6.45, 7) is 5.56. The lowest BCUT2D eigenvalue weighted by atomic mass is 10.1. The first kappa shape index (κ1) is 22.4. The van der Waals surface area contributed by atoms with Gasteiger partial charge in [0.15, 0.2) is 0 Å². The first-order valence-electron chi connectivity index (χ1n) is 10.4. The fourth-order valence-electron chi connectivity index (χ4n) is 3.66. The van der Waals surface area contributed by atoms with Crippen LogP contribution < -0.4 is 10.9 Å². The second-order valence-electron chi connectivity index (χ2n) is 7.90. The van der Waals surface area contributed by atoms with E-state index in [9.17, 15) is 14.4 Å². The molecule has 7 nitrogen and oxygen atoms in total. The smallest absolute Gasteiger partial charge is 0.349 e. The molecule has 0 aliphatic rings. The predicted octanol–water partition coefficient (Wildman–Crippen LogP) is 4.38. The fraction of sp³-hybridized carbons (Fsp3) is 0.200. The minimum absolute atomic E-state index is 0.142. The van der Waals surface area contributed by atoms with Crippen LogP contribution in [-0.4, -0.2) is 21.4 Å². The quantitative estimate of drug-likeness (QED) is 0.431. The molecule has 1 amide bonds. The highest BCUT2D eigenvalue weighted by Crippen LogP contribution is 2.27. The molecular formula is C25H23N3O4S. The van der Waals surface area contributed by atoms with Crippen LogP contribution in [0, 0.1) is 20.8 Å². The number of ether oxygens (including phenoxy) is 1. The predicted molar refractivity (Wildman–Crippen MR) is 129 cm³/mol. The number of benzene rings is 2. The van der Waals surface area contributed by atoms with Crippen LogP contribution in [0.5, 0.6) is 0 Å². The maximum absolute atomic E-state index is 13.1. The zero-order valence-corrected chi connectivity index (χ0v) is 19.4. The van der Waals surface area contributed by atoms with Gasteiger partial charge in [0.1, 0.15) is 22.9 Å². The molecule has 0 spiro atoms. The lowest BCUT2D eigenvalue weighted by Crippen LogP contribution is -2.28. The van der Waals surface area contributed by atoms with Crippen molar-refractivity contribution in [2.75, 3.05) is 5.32 Å². The Kier molecular flexibility index (Phi) is 6.37. The Balaban J connectivity index is 1.53. The van der Waals surface area contributed by atoms with Gasteiger partial charge in [0.05, 0.1) is 11.7 Å². The molecular weight excluding hydrogens is 438 g/mol. The number of nitrogens with zero attached hydrogens (tertiary/aromatic N) is 2. The van der Waals surface area contributed by atoms with Crippen molar-refractivity contribution in [1.29, 1.82) is 0 Å². The lowest BCUT2D eigenvalue weighted by molar-refractivity contribution is -0.116. The molecule has 2 heterocycles. The van der Waals surface area contributed by atoms with E-state index < -0.39 is 5.97 Å². The van der Waals surface area contributed by atoms with E-state index in [-0.39, 0.29) is 24.6 Å². The Morgan fingerprint density at radius 3 is 2.45 bits per heavy atom. The van der Waals surface area contributed by atoms with Gasteiger partial charge in [-0.05, 0) is 55.2 Å². The van der Waals surface area contributed by atoms with Gasteiger partial charge in [-0.15, -0.1) is 11.3 Å². The van der Waals surface area contributed by atoms with E-state index in [0.29, 0.717) is 26.3 Å². The van der Waals surface area contributed by atoms with E-state index in [2.05, 4.69) is 10.3 Å². The number of aromatic nitrogens is 2. The van der Waals surface area contributed by atoms with Gasteiger partial charge in [-0.3, -0.25) is 14.2 Å². The van der Waals surface area contributed by atoms with Crippen molar-refractivity contribution in [2.45, 2.75) is 33.9 Å². The monoisotopic (exact) mass is 461 g/mol. The molecule has 0 aliphatic carbocycles. The number of rotatable bonds is 6. The maximum atomic E-state index is 13.1. The Bertz CT molecular complexity index is 1390. The SMILES string of the molecule is Cc1cc(C)cc(NC(=O)Cn2cnc3sc(C(=O)OCc4ccccc4)c(C)c3c2=O)c1. The minimum Gasteiger partial charge on any atom is -0.457 e. The summed E-state index contributed by atoms with van der Waals surface area (Å²) in [5.41, 5.74) is 3.76. The van der Waals surface area contributed by atoms with Crippen LogP contribution in [0.2, 0.25) is 0 Å². The normalized spacial score (nSPS) is 10.9. The van der Waals surface area contributed by atoms with Crippen LogP contribution in [0.1, 0.15) is 31.9 Å². The van der Waals surface area contributed by atoms with Gasteiger partial charge in [0, 0.05) is 5.69 Å². The summed E-state index contributed by atoms with van der Waals surface area (Å²) in [7, 11) is 0. The zero-order chi connectivity index (χ0) is 23.5. The van der Waals surface area contributed by atoms with Gasteiger partial charge in [-0.2, -0.15) is 0 Å². The highest BCUT2D eigenvalue weighted by atomic mass is 32.1. The molecule has 0 bridgehead atoms. The van der Waals surface area contributed by atoms with Gasteiger partial charge in [-0.1, -0.05) is 36.4 Å². The standard InChI is InChI=1S/C25H23N3O4S/c1-15-9-16(2)11-19(10-15)27-20(29)12-28-14-26-23-21(24(28)30)17(3)22(33-23)25(31)32-13-18-7-5-4-6-8-18/h4-11,14H,12-13H2,1-3H3,(H,27,29). The number of anilines is 1. The molecule has 0 unspecified atom stereocenters. The van der Waals surface area contributed by atoms with Crippen LogP contribution in [0.15, 0.2) is 59.7 Å². The van der Waals surface area contributed by atoms with Crippen LogP contribution >= 0.6 is 11.3 Å². The Labute approximate surface area is 194 Å². The number of carbonyl (C=O) groups excluding carboxylic acids is 2. The van der Waals surface area contributed by atoms with Crippen molar-refractivity contribution in [2.24, 2.45) is 0 Å². The number of hydrogen-bond donors (Lipinski definition) is 1. The third-order valence-corrected chi connectivity index (χ3v) is 6.31. The van der Waals surface area contributed by atoms with Crippen LogP contribution in [0.25, 0.3) is 10.2 Å². The molecule has 0 saturated carbocycles. The number of thiophene rings is 1. The average molecular weight is 462 g/mol. The second kappa shape index (κ2) is 9.38. The number of hydrogen-bond acceptors (Lipinski definition) is 6. The highest BCUT2D eigenvalue weighted by Gasteiger charge is 2.21. The summed E-state index contributed by atoms with van der Waals surface area (Å²) >= 11 is 1.12. The Morgan fingerprint density at radius 1 is 1.06 bits per heavy atom. The van der Waals surface area contributed by atoms with Crippen molar-refractivity contribution in [1.82, 2.24) is 9.55 Å². The highest BCUT2D eigenvalue weighted by molar-refractivity contribution is 7.20. The summed E-state index contributed by atoms with van der Waals surface area (Å²) in [5, 5.41) is 3.15. The molecule has 8 heteroatoms. The molecule has 0 saturated heterocycles. The summed E-state index contributed by atoms with van der Waals surface area (Å²) in [4.78, 5) is 43.3. The summed E-state index contributed by atoms with van der Waals surface area (Å²) in [6, 6.07) is 15.1. The third-order valence-electron chi connectivity index (χ3n) is 5.13. The second-order valence-corrected chi connectivity index (χ2v) is 8.90. The lowest BCUT2D eigenvalue weighted by Gasteiger charge is -2.09. The van der Waals surface area contributed by atoms with Crippen molar-refractivity contribution in [3.05, 3.63) is 92.3 Å². The van der Waals surface area contributed by atoms with Crippen molar-refractivity contribution in [3.63, 3.8) is 0 Å². The van der Waals surface area contributed by atoms with E-state index in [0.717, 1.165) is 28.0 Å². The Morgan fingerprint density at radius 2 is 1.76 bits per heavy atom. The molecule has 0 radical (unpaired) electrons. The molecule has 4 aromatic rings. The third kappa shape index (κ3) is 5.01. The average Bonchev–Trinajstić information content (AvgIpc) is 3.11. The number of nitrogens with one attached hydrogen (secondary N) is 1. The van der Waals surface area contributed by atoms with Gasteiger partial charge in [0.25, 0.3) is 5.56 Å². The van der Waals surface area contributed by atoms with E-state index in [4.69, 9.17) is 4.74 Å². The molecule has 168 valence electrons. The van der Waals surface area contributed by atoms with E-state index in [1.165, 1.54) is 10.9 Å². The first-order chi connectivity index (χ1) is 15.8. The molecule has 2 aromatic heterocycles. The molecule has 0 atom stereocenters. The largest absolute Gasteiger partial charge is 0.457 e. The van der Waals surface area contributed by atoms with Crippen LogP contribution in [0.4, 0.5) is 5.69 Å². The summed E-state index contributed by atoms with van der Waals surface area (Å²) < 4.78 is 6.66. The molecule has 4 rings (SSSR count). The van der Waals surface area contributed by atoms with E-state index in [1.54, 1.807) is 6.92 Å². The van der Waals surface area contributed by atoms with Crippen molar-refractivity contribution in [3.8, 4) is 0 Å². The summed E-state index contributed by atoms with van der Waals surface area (Å²) in [5.74, 6) is -0.837. The van der Waals surface area contributed by atoms with Crippen molar-refractivity contribution < 1.29 is 14.3 Å². The molecule has 33 heavy (non-hydrogen) atoms. The van der Waals surface area contributed by atoms with Crippen LogP contribution in [0.3, 0.4) is 0 Å². The number of esters is 1. The fourth-order valence-corrected chi connectivity index (χ4v) is 4.69. The van der Waals surface area contributed by atoms with E-state index >= 15 is 0 Å². The number of aryl methyl sites for hydroxylation is 3. The van der Waals surface area contributed by atoms with Gasteiger partial charge in [0.2, 0.25) is 5.91 Å². The molecule has 1 N–H and O–H groups in total. The molecule has 0 aliphatic heterocycles. The zero-order valence-electron chi connectivity index (χ0n) is 18.5. The number of amides is 1. The van der Waals surface area contributed by atoms with Gasteiger partial charge in [-0.25, -0.2) is 9.78 Å². The maximum Gasteiger partial charge on any atom is 0.349 e. The van der Waals surface area contributed by atoms with Crippen LogP contribution in [-0.2, 0) is 22.7 Å².